The normalized spacial score (nSPS) is 24.8. The molecule has 44 heavy (non-hydrogen) atoms. The number of hydrogen-bond acceptors (Lipinski definition) is 10. The zero-order valence-corrected chi connectivity index (χ0v) is 26.0. The van der Waals surface area contributed by atoms with Crippen molar-refractivity contribution in [3.05, 3.63) is 39.7 Å². The third kappa shape index (κ3) is 5.34. The summed E-state index contributed by atoms with van der Waals surface area (Å²) in [5, 5.41) is 46.1. The van der Waals surface area contributed by atoms with Gasteiger partial charge in [0, 0.05) is 56.9 Å². The predicted octanol–water partition coefficient (Wildman–Crippen LogP) is 2.06. The highest BCUT2D eigenvalue weighted by Gasteiger charge is 2.64. The fourth-order valence-corrected chi connectivity index (χ4v) is 6.92. The Bertz CT molecular complexity index is 1490. The first-order valence-electron chi connectivity index (χ1n) is 14.2. The van der Waals surface area contributed by atoms with Gasteiger partial charge in [-0.3, -0.25) is 24.1 Å². The molecule has 6 N–H and O–H groups in total. The van der Waals surface area contributed by atoms with Crippen molar-refractivity contribution in [1.82, 2.24) is 9.80 Å². The molecule has 0 spiro atoms. The number of fused-ring (bicyclic) bond motifs is 3. The molecule has 4 rings (SSSR count). The van der Waals surface area contributed by atoms with E-state index in [0.29, 0.717) is 23.4 Å². The van der Waals surface area contributed by atoms with Crippen molar-refractivity contribution in [3.63, 3.8) is 0 Å². The number of rotatable bonds is 6. The van der Waals surface area contributed by atoms with Crippen molar-refractivity contribution in [1.29, 1.82) is 0 Å². The first-order valence-corrected chi connectivity index (χ1v) is 14.2. The Morgan fingerprint density at radius 2 is 1.68 bits per heavy atom. The Morgan fingerprint density at radius 3 is 2.16 bits per heavy atom. The van der Waals surface area contributed by atoms with E-state index in [1.165, 1.54) is 11.8 Å². The average Bonchev–Trinajstić information content (AvgIpc) is 2.85. The molecule has 1 aromatic carbocycles. The summed E-state index contributed by atoms with van der Waals surface area (Å²) in [5.41, 5.74) is 2.94. The number of carbonyl (C=O) groups is 4. The predicted molar refractivity (Wildman–Crippen MR) is 166 cm³/mol. The molecule has 3 aliphatic carbocycles. The van der Waals surface area contributed by atoms with E-state index in [4.69, 9.17) is 5.73 Å². The number of phenolic OH excluding ortho intramolecular Hbond substituents is 1. The molecule has 242 valence electrons. The molecule has 0 unspecified atom stereocenters. The number of benzene rings is 1. The number of anilines is 1. The van der Waals surface area contributed by atoms with Gasteiger partial charge in [-0.15, -0.1) is 0 Å². The maximum Gasteiger partial charge on any atom is 0.255 e. The topological polar surface area (TPSA) is 185 Å². The van der Waals surface area contributed by atoms with Gasteiger partial charge < -0.3 is 36.0 Å². The summed E-state index contributed by atoms with van der Waals surface area (Å²) in [4.78, 5) is 57.0. The van der Waals surface area contributed by atoms with Gasteiger partial charge in [0.15, 0.2) is 11.4 Å². The standard InChI is InChI=1S/C31H42N4O8.CH4/c1-14(36)35(13-30(2,3)4)12-16-11-19(33(5)6)17-9-15-10-18-23(34(7)8)26(39)22(29(32)42)28(41)31(18,43)27(40)20(15)25(38)21(17)24(16)37;/h11,15,18,23,37-38,41,43H,9-10,12-13H2,1-8H3,(H2,32,42);1H4/t15-,18-,23-,31-;/m0./s1. The Kier molecular flexibility index (Phi) is 9.08. The lowest BCUT2D eigenvalue weighted by molar-refractivity contribution is -0.153. The summed E-state index contributed by atoms with van der Waals surface area (Å²) in [5.74, 6) is -7.19. The van der Waals surface area contributed by atoms with E-state index in [1.54, 1.807) is 39.2 Å². The summed E-state index contributed by atoms with van der Waals surface area (Å²) < 4.78 is 0. The van der Waals surface area contributed by atoms with E-state index < -0.39 is 58.0 Å². The number of aliphatic hydroxyl groups is 3. The molecule has 0 aliphatic heterocycles. The molecule has 2 amide bonds. The third-order valence-corrected chi connectivity index (χ3v) is 8.73. The van der Waals surface area contributed by atoms with Gasteiger partial charge in [-0.2, -0.15) is 0 Å². The fraction of sp³-hybridized carbons (Fsp3) is 0.562. The van der Waals surface area contributed by atoms with Crippen molar-refractivity contribution >= 4 is 34.8 Å². The number of amides is 2. The van der Waals surface area contributed by atoms with Crippen LogP contribution >= 0.6 is 0 Å². The van der Waals surface area contributed by atoms with Gasteiger partial charge >= 0.3 is 0 Å². The number of Topliss-reactive ketones (excluding diaryl/α,β-unsaturated/α-hetero) is 2. The number of nitrogens with two attached hydrogens (primary N) is 1. The average molecular weight is 615 g/mol. The van der Waals surface area contributed by atoms with Crippen molar-refractivity contribution in [3.8, 4) is 5.75 Å². The number of carbonyl (C=O) groups excluding carboxylic acids is 4. The van der Waals surface area contributed by atoms with Crippen LogP contribution in [0.2, 0.25) is 0 Å². The Balaban J connectivity index is 0.00000529. The maximum atomic E-state index is 14.1. The van der Waals surface area contributed by atoms with Crippen molar-refractivity contribution in [2.45, 2.75) is 66.2 Å². The summed E-state index contributed by atoms with van der Waals surface area (Å²) in [6.07, 6.45) is 0.180. The van der Waals surface area contributed by atoms with Gasteiger partial charge in [0.2, 0.25) is 11.7 Å². The van der Waals surface area contributed by atoms with E-state index in [0.717, 1.165) is 0 Å². The number of phenols is 1. The van der Waals surface area contributed by atoms with E-state index >= 15 is 0 Å². The van der Waals surface area contributed by atoms with Gasteiger partial charge in [-0.05, 0) is 49.9 Å². The van der Waals surface area contributed by atoms with E-state index in [2.05, 4.69) is 0 Å². The lowest BCUT2D eigenvalue weighted by atomic mass is 9.57. The minimum Gasteiger partial charge on any atom is -0.508 e. The van der Waals surface area contributed by atoms with Crippen LogP contribution in [-0.2, 0) is 32.1 Å². The summed E-state index contributed by atoms with van der Waals surface area (Å²) in [6.45, 7) is 7.83. The summed E-state index contributed by atoms with van der Waals surface area (Å²) in [7, 11) is 6.71. The van der Waals surface area contributed by atoms with Crippen molar-refractivity contribution in [2.75, 3.05) is 39.6 Å². The lowest BCUT2D eigenvalue weighted by Crippen LogP contribution is -2.65. The third-order valence-electron chi connectivity index (χ3n) is 8.73. The van der Waals surface area contributed by atoms with Crippen LogP contribution in [0.4, 0.5) is 5.69 Å². The molecular formula is C32H46N4O8. The molecule has 12 nitrogen and oxygen atoms in total. The number of primary amides is 1. The zero-order valence-electron chi connectivity index (χ0n) is 26.0. The van der Waals surface area contributed by atoms with Gasteiger partial charge in [0.25, 0.3) is 5.91 Å². The number of likely N-dealkylation sites (N-methyl/N-ethyl adjacent to an activating group) is 1. The second-order valence-corrected chi connectivity index (χ2v) is 13.5. The molecule has 3 aliphatic rings. The molecule has 0 saturated heterocycles. The SMILES string of the molecule is C.CC(=O)N(Cc1cc(N(C)C)c2c(c1O)C(O)=C1C(=O)[C@]3(O)C(O)=C(C(N)=O)C(=O)[C@@H](N(C)C)[C@@H]3C[C@@H]1C2)CC(C)(C)C. The minimum absolute atomic E-state index is 0. The maximum absolute atomic E-state index is 14.1. The monoisotopic (exact) mass is 614 g/mol. The fourth-order valence-electron chi connectivity index (χ4n) is 6.92. The van der Waals surface area contributed by atoms with Crippen LogP contribution in [0, 0.1) is 17.3 Å². The number of aromatic hydroxyl groups is 1. The molecule has 1 fully saturated rings. The van der Waals surface area contributed by atoms with Gasteiger partial charge in [0.05, 0.1) is 11.6 Å². The second kappa shape index (κ2) is 11.6. The number of ketones is 2. The van der Waals surface area contributed by atoms with E-state index in [1.807, 2.05) is 25.7 Å². The highest BCUT2D eigenvalue weighted by atomic mass is 16.3. The van der Waals surface area contributed by atoms with Crippen LogP contribution in [0.5, 0.6) is 5.75 Å². The molecule has 0 radical (unpaired) electrons. The molecule has 12 heteroatoms. The molecule has 0 heterocycles. The lowest BCUT2D eigenvalue weighted by Gasteiger charge is -2.50. The Morgan fingerprint density at radius 1 is 1.09 bits per heavy atom. The van der Waals surface area contributed by atoms with Gasteiger partial charge in [-0.1, -0.05) is 28.2 Å². The summed E-state index contributed by atoms with van der Waals surface area (Å²) >= 11 is 0. The summed E-state index contributed by atoms with van der Waals surface area (Å²) in [6, 6.07) is 0.605. The Labute approximate surface area is 258 Å². The molecular weight excluding hydrogens is 568 g/mol. The molecule has 1 aromatic rings. The highest BCUT2D eigenvalue weighted by molar-refractivity contribution is 6.24. The van der Waals surface area contributed by atoms with Gasteiger partial charge in [0.1, 0.15) is 22.8 Å². The Hall–Kier alpha value is -3.90. The molecule has 0 aromatic heterocycles. The number of hydrogen-bond donors (Lipinski definition) is 5. The van der Waals surface area contributed by atoms with E-state index in [-0.39, 0.29) is 55.0 Å². The van der Waals surface area contributed by atoms with Crippen LogP contribution < -0.4 is 10.6 Å². The largest absolute Gasteiger partial charge is 0.508 e. The molecule has 0 bridgehead atoms. The zero-order chi connectivity index (χ0) is 32.5. The highest BCUT2D eigenvalue weighted by Crippen LogP contribution is 2.54. The van der Waals surface area contributed by atoms with Crippen LogP contribution in [0.3, 0.4) is 0 Å². The quantitative estimate of drug-likeness (QED) is 0.297. The first-order chi connectivity index (χ1) is 19.7. The molecule has 1 saturated carbocycles. The van der Waals surface area contributed by atoms with Crippen LogP contribution in [0.25, 0.3) is 5.76 Å². The minimum atomic E-state index is -2.71. The van der Waals surface area contributed by atoms with Crippen LogP contribution in [0.15, 0.2) is 23.0 Å². The number of nitrogens with zero attached hydrogens (tertiary/aromatic N) is 3. The first kappa shape index (κ1) is 34.6. The smallest absolute Gasteiger partial charge is 0.255 e. The number of aliphatic hydroxyl groups excluding tert-OH is 2. The second-order valence-electron chi connectivity index (χ2n) is 13.5. The van der Waals surface area contributed by atoms with Gasteiger partial charge in [-0.25, -0.2) is 0 Å². The van der Waals surface area contributed by atoms with E-state index in [9.17, 15) is 39.6 Å². The van der Waals surface area contributed by atoms with Crippen molar-refractivity contribution in [2.24, 2.45) is 23.0 Å². The van der Waals surface area contributed by atoms with Crippen LogP contribution in [-0.4, -0.2) is 100.0 Å². The van der Waals surface area contributed by atoms with Crippen LogP contribution in [0.1, 0.15) is 58.2 Å². The van der Waals surface area contributed by atoms with Crippen molar-refractivity contribution < 1.29 is 39.6 Å². The molecule has 4 atom stereocenters.